The molecule has 17 heavy (non-hydrogen) atoms. The summed E-state index contributed by atoms with van der Waals surface area (Å²) < 4.78 is 2.28. The Labute approximate surface area is 108 Å². The van der Waals surface area contributed by atoms with Crippen LogP contribution in [0.4, 0.5) is 0 Å². The fraction of sp³-hybridized carbons (Fsp3) is 0.500. The first-order chi connectivity index (χ1) is 8.13. The van der Waals surface area contributed by atoms with Gasteiger partial charge in [-0.2, -0.15) is 0 Å². The first-order valence-electron chi connectivity index (χ1n) is 6.21. The molecule has 2 atom stereocenters. The number of nitrogens with zero attached hydrogens (tertiary/aromatic N) is 2. The summed E-state index contributed by atoms with van der Waals surface area (Å²) in [7, 11) is 0. The van der Waals surface area contributed by atoms with E-state index in [4.69, 9.17) is 16.6 Å². The maximum Gasteiger partial charge on any atom is 0.110 e. The van der Waals surface area contributed by atoms with E-state index in [1.165, 1.54) is 5.52 Å². The van der Waals surface area contributed by atoms with Crippen molar-refractivity contribution < 1.29 is 0 Å². The largest absolute Gasteiger partial charge is 0.328 e. The van der Waals surface area contributed by atoms with E-state index >= 15 is 0 Å². The predicted octanol–water partition coefficient (Wildman–Crippen LogP) is 3.86. The van der Waals surface area contributed by atoms with Crippen molar-refractivity contribution in [3.05, 3.63) is 30.1 Å². The minimum Gasteiger partial charge on any atom is -0.328 e. The summed E-state index contributed by atoms with van der Waals surface area (Å²) in [5, 5.41) is 0.181. The second-order valence-electron chi connectivity index (χ2n) is 4.62. The van der Waals surface area contributed by atoms with E-state index in [-0.39, 0.29) is 5.38 Å². The van der Waals surface area contributed by atoms with Gasteiger partial charge in [0, 0.05) is 18.3 Å². The lowest BCUT2D eigenvalue weighted by molar-refractivity contribution is 0.534. The van der Waals surface area contributed by atoms with Crippen LogP contribution in [0.2, 0.25) is 0 Å². The number of para-hydroxylation sites is 2. The van der Waals surface area contributed by atoms with Crippen molar-refractivity contribution in [1.29, 1.82) is 0 Å². The molecule has 0 fully saturated rings. The van der Waals surface area contributed by atoms with Crippen molar-refractivity contribution in [2.75, 3.05) is 0 Å². The molecule has 2 rings (SSSR count). The number of benzene rings is 1. The maximum absolute atomic E-state index is 6.14. The number of fused-ring (bicyclic) bond motifs is 1. The molecule has 0 radical (unpaired) electrons. The molecule has 2 nitrogen and oxygen atoms in total. The Bertz CT molecular complexity index is 502. The Morgan fingerprint density at radius 2 is 2.00 bits per heavy atom. The minimum absolute atomic E-state index is 0.181. The zero-order valence-electron chi connectivity index (χ0n) is 10.7. The predicted molar refractivity (Wildman–Crippen MR) is 73.6 cm³/mol. The van der Waals surface area contributed by atoms with Gasteiger partial charge < -0.3 is 4.57 Å². The molecule has 0 aliphatic rings. The first-order valence-corrected chi connectivity index (χ1v) is 6.65. The summed E-state index contributed by atoms with van der Waals surface area (Å²) in [6, 6.07) is 8.30. The molecular formula is C14H19ClN2. The fourth-order valence-electron chi connectivity index (χ4n) is 2.08. The molecule has 0 bridgehead atoms. The molecular weight excluding hydrogens is 232 g/mol. The van der Waals surface area contributed by atoms with Crippen LogP contribution < -0.4 is 0 Å². The molecule has 0 aliphatic carbocycles. The smallest absolute Gasteiger partial charge is 0.110 e. The van der Waals surface area contributed by atoms with E-state index in [9.17, 15) is 0 Å². The number of imidazole rings is 1. The van der Waals surface area contributed by atoms with Crippen LogP contribution in [-0.2, 0) is 13.0 Å². The number of aromatic nitrogens is 2. The lowest BCUT2D eigenvalue weighted by Crippen LogP contribution is -2.14. The molecule has 3 heteroatoms. The van der Waals surface area contributed by atoms with Gasteiger partial charge in [-0.05, 0) is 31.9 Å². The third-order valence-electron chi connectivity index (χ3n) is 3.34. The van der Waals surface area contributed by atoms with E-state index in [1.807, 2.05) is 13.0 Å². The molecule has 0 N–H and O–H groups in total. The van der Waals surface area contributed by atoms with Gasteiger partial charge in [0.15, 0.2) is 0 Å². The Morgan fingerprint density at radius 3 is 2.65 bits per heavy atom. The van der Waals surface area contributed by atoms with E-state index in [0.29, 0.717) is 5.92 Å². The van der Waals surface area contributed by atoms with E-state index in [1.54, 1.807) is 0 Å². The van der Waals surface area contributed by atoms with Gasteiger partial charge in [-0.15, -0.1) is 11.6 Å². The molecule has 1 aromatic carbocycles. The van der Waals surface area contributed by atoms with Gasteiger partial charge in [0.05, 0.1) is 11.0 Å². The van der Waals surface area contributed by atoms with Gasteiger partial charge in [0.2, 0.25) is 0 Å². The Hall–Kier alpha value is -1.02. The van der Waals surface area contributed by atoms with Gasteiger partial charge in [0.25, 0.3) is 0 Å². The van der Waals surface area contributed by atoms with E-state index in [0.717, 1.165) is 24.3 Å². The van der Waals surface area contributed by atoms with Crippen LogP contribution in [-0.4, -0.2) is 14.9 Å². The highest BCUT2D eigenvalue weighted by atomic mass is 35.5. The highest BCUT2D eigenvalue weighted by Crippen LogP contribution is 2.20. The Kier molecular flexibility index (Phi) is 3.72. The summed E-state index contributed by atoms with van der Waals surface area (Å²) in [6.45, 7) is 7.34. The van der Waals surface area contributed by atoms with E-state index < -0.39 is 0 Å². The average Bonchev–Trinajstić information content (AvgIpc) is 2.65. The lowest BCUT2D eigenvalue weighted by atomic mass is 10.0. The number of hydrogen-bond acceptors (Lipinski definition) is 1. The van der Waals surface area contributed by atoms with Crippen molar-refractivity contribution in [3.8, 4) is 0 Å². The van der Waals surface area contributed by atoms with Crippen LogP contribution in [0.25, 0.3) is 11.0 Å². The third-order valence-corrected chi connectivity index (χ3v) is 3.77. The number of aryl methyl sites for hydroxylation is 1. The molecule has 0 spiro atoms. The van der Waals surface area contributed by atoms with Gasteiger partial charge >= 0.3 is 0 Å². The SMILES string of the molecule is CCn1c(CC(C)C(C)Cl)nc2ccccc21. The van der Waals surface area contributed by atoms with Crippen molar-refractivity contribution >= 4 is 22.6 Å². The van der Waals surface area contributed by atoms with Crippen LogP contribution in [0.15, 0.2) is 24.3 Å². The minimum atomic E-state index is 0.181. The zero-order valence-corrected chi connectivity index (χ0v) is 11.4. The number of alkyl halides is 1. The van der Waals surface area contributed by atoms with Crippen LogP contribution in [0.3, 0.4) is 0 Å². The number of halogens is 1. The molecule has 92 valence electrons. The normalized spacial score (nSPS) is 15.1. The average molecular weight is 251 g/mol. The standard InChI is InChI=1S/C14H19ClN2/c1-4-17-13-8-6-5-7-12(13)16-14(17)9-10(2)11(3)15/h5-8,10-11H,4,9H2,1-3H3. The van der Waals surface area contributed by atoms with Crippen molar-refractivity contribution in [2.45, 2.75) is 39.1 Å². The van der Waals surface area contributed by atoms with Crippen LogP contribution in [0, 0.1) is 5.92 Å². The monoisotopic (exact) mass is 250 g/mol. The molecule has 0 aliphatic heterocycles. The Balaban J connectivity index is 2.39. The van der Waals surface area contributed by atoms with Crippen molar-refractivity contribution in [2.24, 2.45) is 5.92 Å². The van der Waals surface area contributed by atoms with Gasteiger partial charge in [-0.1, -0.05) is 19.1 Å². The maximum atomic E-state index is 6.14. The summed E-state index contributed by atoms with van der Waals surface area (Å²) in [5.41, 5.74) is 2.30. The lowest BCUT2D eigenvalue weighted by Gasteiger charge is -2.14. The molecule has 0 saturated heterocycles. The Morgan fingerprint density at radius 1 is 1.29 bits per heavy atom. The third kappa shape index (κ3) is 2.47. The molecule has 0 saturated carbocycles. The van der Waals surface area contributed by atoms with Crippen LogP contribution in [0.1, 0.15) is 26.6 Å². The fourth-order valence-corrected chi connectivity index (χ4v) is 2.17. The summed E-state index contributed by atoms with van der Waals surface area (Å²) in [4.78, 5) is 4.71. The van der Waals surface area contributed by atoms with Gasteiger partial charge in [-0.25, -0.2) is 4.98 Å². The van der Waals surface area contributed by atoms with Gasteiger partial charge in [-0.3, -0.25) is 0 Å². The number of hydrogen-bond donors (Lipinski definition) is 0. The van der Waals surface area contributed by atoms with Crippen LogP contribution >= 0.6 is 11.6 Å². The summed E-state index contributed by atoms with van der Waals surface area (Å²) in [6.07, 6.45) is 0.938. The summed E-state index contributed by atoms with van der Waals surface area (Å²) in [5.74, 6) is 1.59. The highest BCUT2D eigenvalue weighted by molar-refractivity contribution is 6.20. The van der Waals surface area contributed by atoms with Gasteiger partial charge in [0.1, 0.15) is 5.82 Å². The number of rotatable bonds is 4. The highest BCUT2D eigenvalue weighted by Gasteiger charge is 2.15. The second kappa shape index (κ2) is 5.09. The van der Waals surface area contributed by atoms with Crippen LogP contribution in [0.5, 0.6) is 0 Å². The first kappa shape index (κ1) is 12.4. The topological polar surface area (TPSA) is 17.8 Å². The molecule has 1 aromatic heterocycles. The van der Waals surface area contributed by atoms with Crippen molar-refractivity contribution in [1.82, 2.24) is 9.55 Å². The second-order valence-corrected chi connectivity index (χ2v) is 5.31. The molecule has 2 unspecified atom stereocenters. The summed E-state index contributed by atoms with van der Waals surface area (Å²) >= 11 is 6.14. The zero-order chi connectivity index (χ0) is 12.4. The van der Waals surface area contributed by atoms with E-state index in [2.05, 4.69) is 36.6 Å². The molecule has 1 heterocycles. The quantitative estimate of drug-likeness (QED) is 0.754. The van der Waals surface area contributed by atoms with Crippen molar-refractivity contribution in [3.63, 3.8) is 0 Å². The molecule has 2 aromatic rings. The molecule has 0 amide bonds.